The van der Waals surface area contributed by atoms with Gasteiger partial charge < -0.3 is 9.80 Å². The summed E-state index contributed by atoms with van der Waals surface area (Å²) in [4.78, 5) is 19.1. The van der Waals surface area contributed by atoms with Gasteiger partial charge in [0.05, 0.1) is 11.9 Å². The number of anilines is 2. The van der Waals surface area contributed by atoms with Gasteiger partial charge in [-0.1, -0.05) is 11.8 Å². The third-order valence-electron chi connectivity index (χ3n) is 5.22. The minimum absolute atomic E-state index is 0.892. The second kappa shape index (κ2) is 6.42. The van der Waals surface area contributed by atoms with Crippen molar-refractivity contribution in [1.29, 1.82) is 0 Å². The first kappa shape index (κ1) is 15.9. The highest BCUT2D eigenvalue weighted by atomic mass is 32.2. The van der Waals surface area contributed by atoms with E-state index in [0.717, 1.165) is 61.5 Å². The smallest absolute Gasteiger partial charge is 0.189 e. The molecule has 134 valence electrons. The fourth-order valence-electron chi connectivity index (χ4n) is 3.87. The first-order chi connectivity index (χ1) is 12.8. The summed E-state index contributed by atoms with van der Waals surface area (Å²) in [7, 11) is 0. The lowest BCUT2D eigenvalue weighted by Crippen LogP contribution is -2.47. The molecule has 3 aromatic rings. The molecule has 2 aliphatic rings. The lowest BCUT2D eigenvalue weighted by atomic mass is 10.2. The average molecular weight is 367 g/mol. The zero-order valence-corrected chi connectivity index (χ0v) is 15.6. The Bertz CT molecular complexity index is 946. The van der Waals surface area contributed by atoms with Gasteiger partial charge in [-0.3, -0.25) is 0 Å². The maximum atomic E-state index is 4.85. The normalized spacial score (nSPS) is 17.1. The van der Waals surface area contributed by atoms with Crippen molar-refractivity contribution >= 4 is 29.0 Å². The predicted octanol–water partition coefficient (Wildman–Crippen LogP) is 2.06. The van der Waals surface area contributed by atoms with E-state index in [0.29, 0.717) is 0 Å². The number of hydrogen-bond acceptors (Lipinski definition) is 7. The second-order valence-electron chi connectivity index (χ2n) is 6.71. The van der Waals surface area contributed by atoms with Gasteiger partial charge in [0.25, 0.3) is 0 Å². The van der Waals surface area contributed by atoms with Crippen LogP contribution in [0, 0.1) is 0 Å². The first-order valence-electron chi connectivity index (χ1n) is 9.06. The van der Waals surface area contributed by atoms with Crippen LogP contribution in [-0.2, 0) is 12.8 Å². The average Bonchev–Trinajstić information content (AvgIpc) is 3.35. The molecule has 0 atom stereocenters. The van der Waals surface area contributed by atoms with E-state index >= 15 is 0 Å². The first-order valence-corrected chi connectivity index (χ1v) is 10.3. The number of nitrogens with zero attached hydrogens (tertiary/aromatic N) is 7. The lowest BCUT2D eigenvalue weighted by Gasteiger charge is -2.36. The summed E-state index contributed by atoms with van der Waals surface area (Å²) in [6, 6.07) is 3.98. The van der Waals surface area contributed by atoms with Crippen molar-refractivity contribution in [2.45, 2.75) is 24.4 Å². The Morgan fingerprint density at radius 1 is 0.962 bits per heavy atom. The lowest BCUT2D eigenvalue weighted by molar-refractivity contribution is 0.634. The Kier molecular flexibility index (Phi) is 3.92. The number of fused-ring (bicyclic) bond motifs is 2. The van der Waals surface area contributed by atoms with Crippen molar-refractivity contribution in [2.75, 3.05) is 42.2 Å². The van der Waals surface area contributed by atoms with E-state index in [-0.39, 0.29) is 0 Å². The highest BCUT2D eigenvalue weighted by Crippen LogP contribution is 2.31. The van der Waals surface area contributed by atoms with Gasteiger partial charge in [-0.15, -0.1) is 0 Å². The molecule has 0 aromatic carbocycles. The Morgan fingerprint density at radius 2 is 1.81 bits per heavy atom. The van der Waals surface area contributed by atoms with Crippen LogP contribution in [0.15, 0.2) is 29.7 Å². The molecule has 1 saturated heterocycles. The second-order valence-corrected chi connectivity index (χ2v) is 7.48. The molecule has 3 aromatic heterocycles. The molecule has 0 spiro atoms. The van der Waals surface area contributed by atoms with E-state index in [1.807, 2.05) is 18.3 Å². The van der Waals surface area contributed by atoms with Gasteiger partial charge in [0.15, 0.2) is 10.8 Å². The standard InChI is InChI=1S/C18H21N7S/c1-26-18-20-14-4-2-3-13(14)17(22-18)24-11-9-23(10-12-24)15-6-8-25-16(21-15)5-7-19-25/h5-8H,2-4,9-12H2,1H3. The number of hydrogen-bond donors (Lipinski definition) is 0. The third kappa shape index (κ3) is 2.68. The Morgan fingerprint density at radius 3 is 2.65 bits per heavy atom. The minimum Gasteiger partial charge on any atom is -0.353 e. The van der Waals surface area contributed by atoms with E-state index < -0.39 is 0 Å². The quantitative estimate of drug-likeness (QED) is 0.519. The zero-order valence-electron chi connectivity index (χ0n) is 14.8. The monoisotopic (exact) mass is 367 g/mol. The number of piperazine rings is 1. The summed E-state index contributed by atoms with van der Waals surface area (Å²) in [6.45, 7) is 3.82. The molecule has 1 aliphatic carbocycles. The summed E-state index contributed by atoms with van der Waals surface area (Å²) in [5.41, 5.74) is 3.52. The van der Waals surface area contributed by atoms with Gasteiger partial charge >= 0.3 is 0 Å². The number of rotatable bonds is 3. The van der Waals surface area contributed by atoms with Gasteiger partial charge in [-0.05, 0) is 31.6 Å². The van der Waals surface area contributed by atoms with Crippen LogP contribution in [0.3, 0.4) is 0 Å². The molecule has 1 fully saturated rings. The fraction of sp³-hybridized carbons (Fsp3) is 0.444. The summed E-state index contributed by atoms with van der Waals surface area (Å²) >= 11 is 1.63. The molecule has 0 saturated carbocycles. The molecule has 0 bridgehead atoms. The van der Waals surface area contributed by atoms with Crippen LogP contribution < -0.4 is 9.80 Å². The van der Waals surface area contributed by atoms with Crippen LogP contribution in [0.5, 0.6) is 0 Å². The van der Waals surface area contributed by atoms with Crippen LogP contribution in [0.2, 0.25) is 0 Å². The number of aryl methyl sites for hydroxylation is 1. The Labute approximate surface area is 156 Å². The SMILES string of the molecule is CSc1nc2c(c(N3CCN(c4ccn5nccc5n4)CC3)n1)CCC2. The van der Waals surface area contributed by atoms with E-state index in [9.17, 15) is 0 Å². The van der Waals surface area contributed by atoms with Crippen molar-refractivity contribution in [3.63, 3.8) is 0 Å². The molecule has 7 nitrogen and oxygen atoms in total. The maximum Gasteiger partial charge on any atom is 0.189 e. The van der Waals surface area contributed by atoms with Crippen molar-refractivity contribution in [3.8, 4) is 0 Å². The van der Waals surface area contributed by atoms with Crippen LogP contribution in [0.1, 0.15) is 17.7 Å². The van der Waals surface area contributed by atoms with Crippen molar-refractivity contribution in [3.05, 3.63) is 35.8 Å². The molecule has 0 N–H and O–H groups in total. The van der Waals surface area contributed by atoms with Crippen LogP contribution in [0.25, 0.3) is 5.65 Å². The van der Waals surface area contributed by atoms with E-state index in [2.05, 4.69) is 21.2 Å². The number of aromatic nitrogens is 5. The van der Waals surface area contributed by atoms with E-state index in [4.69, 9.17) is 15.0 Å². The Hall–Kier alpha value is -2.35. The topological polar surface area (TPSA) is 62.5 Å². The van der Waals surface area contributed by atoms with Crippen LogP contribution in [0.4, 0.5) is 11.6 Å². The maximum absolute atomic E-state index is 4.85. The van der Waals surface area contributed by atoms with Gasteiger partial charge in [-0.2, -0.15) is 5.10 Å². The summed E-state index contributed by atoms with van der Waals surface area (Å²) in [5.74, 6) is 2.19. The van der Waals surface area contributed by atoms with Gasteiger partial charge in [-0.25, -0.2) is 19.5 Å². The number of thioether (sulfide) groups is 1. The van der Waals surface area contributed by atoms with E-state index in [1.54, 1.807) is 22.5 Å². The zero-order chi connectivity index (χ0) is 17.5. The fourth-order valence-corrected chi connectivity index (χ4v) is 4.25. The highest BCUT2D eigenvalue weighted by molar-refractivity contribution is 7.98. The van der Waals surface area contributed by atoms with Gasteiger partial charge in [0, 0.05) is 44.0 Å². The largest absolute Gasteiger partial charge is 0.353 e. The molecular weight excluding hydrogens is 346 g/mol. The molecule has 0 radical (unpaired) electrons. The molecule has 0 unspecified atom stereocenters. The molecular formula is C18H21N7S. The van der Waals surface area contributed by atoms with Gasteiger partial charge in [0.2, 0.25) is 0 Å². The van der Waals surface area contributed by atoms with Crippen LogP contribution >= 0.6 is 11.8 Å². The van der Waals surface area contributed by atoms with E-state index in [1.165, 1.54) is 17.7 Å². The van der Waals surface area contributed by atoms with Crippen molar-refractivity contribution < 1.29 is 0 Å². The van der Waals surface area contributed by atoms with Gasteiger partial charge in [0.1, 0.15) is 11.6 Å². The molecule has 8 heteroatoms. The van der Waals surface area contributed by atoms with Crippen molar-refractivity contribution in [2.24, 2.45) is 0 Å². The summed E-state index contributed by atoms with van der Waals surface area (Å²) in [6.07, 6.45) is 9.21. The summed E-state index contributed by atoms with van der Waals surface area (Å²) < 4.78 is 1.80. The molecule has 4 heterocycles. The predicted molar refractivity (Wildman–Crippen MR) is 103 cm³/mol. The Balaban J connectivity index is 1.36. The van der Waals surface area contributed by atoms with Crippen molar-refractivity contribution in [1.82, 2.24) is 24.6 Å². The molecule has 26 heavy (non-hydrogen) atoms. The highest BCUT2D eigenvalue weighted by Gasteiger charge is 2.26. The molecule has 1 aliphatic heterocycles. The third-order valence-corrected chi connectivity index (χ3v) is 5.77. The minimum atomic E-state index is 0.892. The molecule has 5 rings (SSSR count). The molecule has 0 amide bonds. The van der Waals surface area contributed by atoms with Crippen LogP contribution in [-0.4, -0.2) is 57.0 Å². The summed E-state index contributed by atoms with van der Waals surface area (Å²) in [5, 5.41) is 5.12.